The van der Waals surface area contributed by atoms with Gasteiger partial charge >= 0.3 is 0 Å². The normalized spacial score (nSPS) is 11.9. The third-order valence-electron chi connectivity index (χ3n) is 1.39. The molecule has 0 amide bonds. The molecule has 0 aliphatic heterocycles. The molecular weight excluding hydrogens is 158 g/mol. The van der Waals surface area contributed by atoms with Crippen molar-refractivity contribution in [3.63, 3.8) is 0 Å². The minimum atomic E-state index is -0.804. The molecule has 0 saturated carbocycles. The Morgan fingerprint density at radius 2 is 1.67 bits per heavy atom. The Labute approximate surface area is 69.5 Å². The van der Waals surface area contributed by atoms with Gasteiger partial charge in [-0.3, -0.25) is 9.59 Å². The quantitative estimate of drug-likeness (QED) is 0.589. The van der Waals surface area contributed by atoms with Gasteiger partial charge in [0.15, 0.2) is 5.75 Å². The minimum Gasteiger partial charge on any atom is -0.502 e. The van der Waals surface area contributed by atoms with Crippen LogP contribution in [0.1, 0.15) is 20.8 Å². The molecule has 1 rings (SSSR count). The van der Waals surface area contributed by atoms with Crippen LogP contribution in [0.25, 0.3) is 0 Å². The van der Waals surface area contributed by atoms with Crippen LogP contribution in [0.4, 0.5) is 5.69 Å². The maximum absolute atomic E-state index is 10.8. The number of rotatable bonds is 1. The van der Waals surface area contributed by atoms with Crippen molar-refractivity contribution < 1.29 is 5.11 Å². The second-order valence-corrected chi connectivity index (χ2v) is 3.76. The van der Waals surface area contributed by atoms with Gasteiger partial charge in [-0.15, -0.1) is 0 Å². The highest BCUT2D eigenvalue weighted by molar-refractivity contribution is 5.61. The molecule has 0 bridgehead atoms. The van der Waals surface area contributed by atoms with E-state index in [-0.39, 0.29) is 11.2 Å². The van der Waals surface area contributed by atoms with E-state index in [1.54, 1.807) is 0 Å². The summed E-state index contributed by atoms with van der Waals surface area (Å²) in [5, 5.41) is 11.7. The Balaban J connectivity index is 2.95. The van der Waals surface area contributed by atoms with E-state index in [1.165, 1.54) is 0 Å². The van der Waals surface area contributed by atoms with Crippen molar-refractivity contribution in [2.75, 3.05) is 5.32 Å². The number of nitrogens with one attached hydrogen (secondary N) is 1. The summed E-state index contributed by atoms with van der Waals surface area (Å²) >= 11 is 0. The number of hydrogen-bond acceptors (Lipinski definition) is 4. The van der Waals surface area contributed by atoms with Crippen LogP contribution in [0.15, 0.2) is 9.59 Å². The van der Waals surface area contributed by atoms with Crippen molar-refractivity contribution in [2.45, 2.75) is 26.3 Å². The predicted octanol–water partition coefficient (Wildman–Crippen LogP) is 0.199. The van der Waals surface area contributed by atoms with Gasteiger partial charge in [0.1, 0.15) is 5.69 Å². The summed E-state index contributed by atoms with van der Waals surface area (Å²) in [4.78, 5) is 21.4. The summed E-state index contributed by atoms with van der Waals surface area (Å²) < 4.78 is 0. The predicted molar refractivity (Wildman–Crippen MR) is 46.4 cm³/mol. The van der Waals surface area contributed by atoms with E-state index in [0.29, 0.717) is 0 Å². The van der Waals surface area contributed by atoms with Gasteiger partial charge in [0.25, 0.3) is 10.9 Å². The van der Waals surface area contributed by atoms with Crippen molar-refractivity contribution in [1.82, 2.24) is 0 Å². The lowest BCUT2D eigenvalue weighted by Gasteiger charge is -2.22. The molecule has 4 nitrogen and oxygen atoms in total. The monoisotopic (exact) mass is 169 g/mol. The molecule has 2 N–H and O–H groups in total. The van der Waals surface area contributed by atoms with E-state index in [4.69, 9.17) is 5.11 Å². The van der Waals surface area contributed by atoms with Gasteiger partial charge in [-0.25, -0.2) is 0 Å². The van der Waals surface area contributed by atoms with Crippen molar-refractivity contribution in [3.8, 4) is 5.75 Å². The van der Waals surface area contributed by atoms with Crippen molar-refractivity contribution in [3.05, 3.63) is 20.4 Å². The first-order chi connectivity index (χ1) is 5.33. The third kappa shape index (κ3) is 1.32. The fourth-order valence-electron chi connectivity index (χ4n) is 0.871. The first-order valence-corrected chi connectivity index (χ1v) is 3.63. The summed E-state index contributed by atoms with van der Waals surface area (Å²) in [6.45, 7) is 5.51. The molecule has 1 aromatic rings. The lowest BCUT2D eigenvalue weighted by atomic mass is 10.1. The average Bonchev–Trinajstić information content (AvgIpc) is 1.96. The molecule has 0 heterocycles. The van der Waals surface area contributed by atoms with Gasteiger partial charge in [0.2, 0.25) is 0 Å². The SMILES string of the molecule is CC(C)(C)Nc1c(O)c(=O)c1=O. The summed E-state index contributed by atoms with van der Waals surface area (Å²) in [6, 6.07) is 0. The lowest BCUT2D eigenvalue weighted by molar-refractivity contribution is 0.462. The summed E-state index contributed by atoms with van der Waals surface area (Å²) in [5.74, 6) is -0.449. The molecule has 66 valence electrons. The zero-order valence-corrected chi connectivity index (χ0v) is 7.26. The van der Waals surface area contributed by atoms with Gasteiger partial charge in [-0.1, -0.05) is 0 Å². The Morgan fingerprint density at radius 3 is 2.00 bits per heavy atom. The molecule has 12 heavy (non-hydrogen) atoms. The highest BCUT2D eigenvalue weighted by Crippen LogP contribution is 2.19. The summed E-state index contributed by atoms with van der Waals surface area (Å²) in [6.07, 6.45) is 0. The molecule has 0 unspecified atom stereocenters. The Kier molecular flexibility index (Phi) is 1.71. The van der Waals surface area contributed by atoms with Crippen LogP contribution in [0, 0.1) is 0 Å². The van der Waals surface area contributed by atoms with Crippen molar-refractivity contribution in [2.24, 2.45) is 0 Å². The molecule has 4 heteroatoms. The standard InChI is InChI=1S/C8H11NO3/c1-8(2,3)9-4-5(10)7(12)6(4)11/h9-10H,1-3H3. The van der Waals surface area contributed by atoms with E-state index in [0.717, 1.165) is 0 Å². The van der Waals surface area contributed by atoms with Gasteiger partial charge < -0.3 is 10.4 Å². The molecule has 0 fully saturated rings. The largest absolute Gasteiger partial charge is 0.502 e. The van der Waals surface area contributed by atoms with Gasteiger partial charge in [0, 0.05) is 5.54 Å². The highest BCUT2D eigenvalue weighted by Gasteiger charge is 2.23. The van der Waals surface area contributed by atoms with Gasteiger partial charge in [-0.05, 0) is 20.8 Å². The van der Waals surface area contributed by atoms with Crippen LogP contribution in [-0.4, -0.2) is 10.6 Å². The van der Waals surface area contributed by atoms with Crippen LogP contribution in [0.2, 0.25) is 0 Å². The van der Waals surface area contributed by atoms with Crippen molar-refractivity contribution >= 4 is 5.69 Å². The van der Waals surface area contributed by atoms with Crippen LogP contribution in [-0.2, 0) is 0 Å². The van der Waals surface area contributed by atoms with Crippen LogP contribution in [0.5, 0.6) is 5.75 Å². The minimum absolute atomic E-state index is 0.0347. The average molecular weight is 169 g/mol. The zero-order chi connectivity index (χ0) is 9.52. The first kappa shape index (κ1) is 8.77. The van der Waals surface area contributed by atoms with E-state index >= 15 is 0 Å². The Bertz CT molecular complexity index is 366. The number of aromatic hydroxyl groups is 1. The Morgan fingerprint density at radius 1 is 1.17 bits per heavy atom. The zero-order valence-electron chi connectivity index (χ0n) is 7.26. The highest BCUT2D eigenvalue weighted by atomic mass is 16.3. The van der Waals surface area contributed by atoms with E-state index in [1.807, 2.05) is 20.8 Å². The maximum Gasteiger partial charge on any atom is 0.271 e. The van der Waals surface area contributed by atoms with Crippen molar-refractivity contribution in [1.29, 1.82) is 0 Å². The first-order valence-electron chi connectivity index (χ1n) is 3.63. The fraction of sp³-hybridized carbons (Fsp3) is 0.500. The lowest BCUT2D eigenvalue weighted by Crippen LogP contribution is -2.38. The third-order valence-corrected chi connectivity index (χ3v) is 1.39. The molecule has 0 atom stereocenters. The maximum atomic E-state index is 10.8. The second kappa shape index (κ2) is 2.33. The smallest absolute Gasteiger partial charge is 0.271 e. The van der Waals surface area contributed by atoms with Crippen LogP contribution in [0.3, 0.4) is 0 Å². The van der Waals surface area contributed by atoms with Gasteiger partial charge in [0.05, 0.1) is 0 Å². The molecule has 0 radical (unpaired) electrons. The molecular formula is C8H11NO3. The van der Waals surface area contributed by atoms with Gasteiger partial charge in [-0.2, -0.15) is 0 Å². The molecule has 0 aromatic heterocycles. The molecule has 0 spiro atoms. The van der Waals surface area contributed by atoms with Crippen LogP contribution >= 0.6 is 0 Å². The van der Waals surface area contributed by atoms with E-state index < -0.39 is 16.6 Å². The summed E-state index contributed by atoms with van der Waals surface area (Å²) in [5.41, 5.74) is -1.73. The number of hydrogen-bond donors (Lipinski definition) is 2. The molecule has 1 aromatic carbocycles. The van der Waals surface area contributed by atoms with E-state index in [9.17, 15) is 9.59 Å². The summed E-state index contributed by atoms with van der Waals surface area (Å²) in [7, 11) is 0. The fourth-order valence-corrected chi connectivity index (χ4v) is 0.871. The molecule has 0 aliphatic rings. The van der Waals surface area contributed by atoms with Crippen LogP contribution < -0.4 is 16.2 Å². The molecule has 0 aliphatic carbocycles. The second-order valence-electron chi connectivity index (χ2n) is 3.76. The van der Waals surface area contributed by atoms with E-state index in [2.05, 4.69) is 5.32 Å². The topological polar surface area (TPSA) is 66.4 Å². The molecule has 0 saturated heterocycles. The Hall–Kier alpha value is -1.32. The number of anilines is 1.